The SMILES string of the molecule is Cc1csc(CC(O)CCN(C)C)n1. The number of rotatable bonds is 5. The normalized spacial score (nSPS) is 13.5. The van der Waals surface area contributed by atoms with Crippen LogP contribution in [0.4, 0.5) is 0 Å². The molecule has 1 N–H and O–H groups in total. The van der Waals surface area contributed by atoms with Gasteiger partial charge in [-0.2, -0.15) is 0 Å². The fraction of sp³-hybridized carbons (Fsp3) is 0.700. The van der Waals surface area contributed by atoms with Crippen molar-refractivity contribution in [2.24, 2.45) is 0 Å². The number of aryl methyl sites for hydroxylation is 1. The number of aliphatic hydroxyl groups excluding tert-OH is 1. The summed E-state index contributed by atoms with van der Waals surface area (Å²) in [6, 6.07) is 0. The lowest BCUT2D eigenvalue weighted by molar-refractivity contribution is 0.152. The van der Waals surface area contributed by atoms with Crippen molar-refractivity contribution in [1.82, 2.24) is 9.88 Å². The predicted molar refractivity (Wildman–Crippen MR) is 59.7 cm³/mol. The molecule has 1 atom stereocenters. The zero-order valence-electron chi connectivity index (χ0n) is 9.03. The van der Waals surface area contributed by atoms with E-state index in [2.05, 4.69) is 9.88 Å². The topological polar surface area (TPSA) is 36.4 Å². The molecule has 1 aromatic rings. The fourth-order valence-corrected chi connectivity index (χ4v) is 2.05. The van der Waals surface area contributed by atoms with Gasteiger partial charge in [0.15, 0.2) is 0 Å². The summed E-state index contributed by atoms with van der Waals surface area (Å²) in [5.41, 5.74) is 1.05. The maximum Gasteiger partial charge on any atom is 0.0953 e. The molecule has 80 valence electrons. The molecule has 1 rings (SSSR count). The number of hydrogen-bond acceptors (Lipinski definition) is 4. The van der Waals surface area contributed by atoms with Crippen LogP contribution in [0.2, 0.25) is 0 Å². The number of aliphatic hydroxyl groups is 1. The molecule has 0 aliphatic heterocycles. The third-order valence-electron chi connectivity index (χ3n) is 1.99. The molecule has 0 amide bonds. The molecule has 14 heavy (non-hydrogen) atoms. The molecule has 0 aromatic carbocycles. The van der Waals surface area contributed by atoms with Crippen LogP contribution in [0.1, 0.15) is 17.1 Å². The van der Waals surface area contributed by atoms with Crippen molar-refractivity contribution in [2.45, 2.75) is 25.9 Å². The van der Waals surface area contributed by atoms with Gasteiger partial charge in [0.05, 0.1) is 11.1 Å². The summed E-state index contributed by atoms with van der Waals surface area (Å²) in [6.07, 6.45) is 1.24. The maximum atomic E-state index is 9.70. The first kappa shape index (κ1) is 11.6. The van der Waals surface area contributed by atoms with Gasteiger partial charge in [-0.3, -0.25) is 0 Å². The van der Waals surface area contributed by atoms with Crippen LogP contribution >= 0.6 is 11.3 Å². The van der Waals surface area contributed by atoms with Crippen molar-refractivity contribution >= 4 is 11.3 Å². The zero-order valence-corrected chi connectivity index (χ0v) is 9.84. The number of nitrogens with zero attached hydrogens (tertiary/aromatic N) is 2. The molecule has 0 saturated carbocycles. The predicted octanol–water partition coefficient (Wildman–Crippen LogP) is 1.31. The molecule has 0 spiro atoms. The second-order valence-electron chi connectivity index (χ2n) is 3.83. The standard InChI is InChI=1S/C10H18N2OS/c1-8-7-14-10(11-8)6-9(13)4-5-12(2)3/h7,9,13H,4-6H2,1-3H3. The molecule has 4 heteroatoms. The smallest absolute Gasteiger partial charge is 0.0953 e. The molecule has 0 saturated heterocycles. The van der Waals surface area contributed by atoms with Gasteiger partial charge in [-0.25, -0.2) is 4.98 Å². The highest BCUT2D eigenvalue weighted by atomic mass is 32.1. The lowest BCUT2D eigenvalue weighted by atomic mass is 10.2. The minimum Gasteiger partial charge on any atom is -0.393 e. The van der Waals surface area contributed by atoms with Gasteiger partial charge in [-0.1, -0.05) is 0 Å². The van der Waals surface area contributed by atoms with Crippen LogP contribution in [0.3, 0.4) is 0 Å². The third-order valence-corrected chi connectivity index (χ3v) is 2.98. The molecular formula is C10H18N2OS. The first-order valence-electron chi connectivity index (χ1n) is 4.81. The van der Waals surface area contributed by atoms with Gasteiger partial charge in [0, 0.05) is 17.5 Å². The Bertz CT molecular complexity index is 273. The Morgan fingerprint density at radius 3 is 2.79 bits per heavy atom. The van der Waals surface area contributed by atoms with E-state index >= 15 is 0 Å². The maximum absolute atomic E-state index is 9.70. The minimum atomic E-state index is -0.261. The highest BCUT2D eigenvalue weighted by Gasteiger charge is 2.08. The molecule has 1 unspecified atom stereocenters. The van der Waals surface area contributed by atoms with Crippen molar-refractivity contribution < 1.29 is 5.11 Å². The van der Waals surface area contributed by atoms with Gasteiger partial charge < -0.3 is 10.0 Å². The average Bonchev–Trinajstić information content (AvgIpc) is 2.48. The van der Waals surface area contributed by atoms with Crippen LogP contribution in [0.15, 0.2) is 5.38 Å². The highest BCUT2D eigenvalue weighted by Crippen LogP contribution is 2.12. The minimum absolute atomic E-state index is 0.261. The van der Waals surface area contributed by atoms with Gasteiger partial charge >= 0.3 is 0 Å². The second kappa shape index (κ2) is 5.44. The van der Waals surface area contributed by atoms with Crippen molar-refractivity contribution in [3.63, 3.8) is 0 Å². The molecule has 1 heterocycles. The lowest BCUT2D eigenvalue weighted by Crippen LogP contribution is -2.20. The Balaban J connectivity index is 2.30. The van der Waals surface area contributed by atoms with E-state index < -0.39 is 0 Å². The third kappa shape index (κ3) is 4.17. The molecule has 0 fully saturated rings. The Hall–Kier alpha value is -0.450. The monoisotopic (exact) mass is 214 g/mol. The quantitative estimate of drug-likeness (QED) is 0.803. The van der Waals surface area contributed by atoms with Crippen LogP contribution in [0.25, 0.3) is 0 Å². The van der Waals surface area contributed by atoms with Gasteiger partial charge in [0.2, 0.25) is 0 Å². The van der Waals surface area contributed by atoms with Crippen LogP contribution in [0, 0.1) is 6.92 Å². The number of hydrogen-bond donors (Lipinski definition) is 1. The summed E-state index contributed by atoms with van der Waals surface area (Å²) in [7, 11) is 4.03. The van der Waals surface area contributed by atoms with Gasteiger partial charge in [0.1, 0.15) is 0 Å². The molecule has 3 nitrogen and oxygen atoms in total. The van der Waals surface area contributed by atoms with Crippen LogP contribution in [0.5, 0.6) is 0 Å². The molecule has 0 radical (unpaired) electrons. The van der Waals surface area contributed by atoms with E-state index in [4.69, 9.17) is 0 Å². The summed E-state index contributed by atoms with van der Waals surface area (Å²) >= 11 is 1.63. The molecule has 1 aromatic heterocycles. The Morgan fingerprint density at radius 2 is 2.29 bits per heavy atom. The summed E-state index contributed by atoms with van der Waals surface area (Å²) < 4.78 is 0. The van der Waals surface area contributed by atoms with Crippen LogP contribution in [-0.2, 0) is 6.42 Å². The summed E-state index contributed by atoms with van der Waals surface area (Å²) in [5.74, 6) is 0. The van der Waals surface area contributed by atoms with Crippen molar-refractivity contribution in [2.75, 3.05) is 20.6 Å². The van der Waals surface area contributed by atoms with Crippen LogP contribution in [-0.4, -0.2) is 41.7 Å². The van der Waals surface area contributed by atoms with E-state index in [1.807, 2.05) is 26.4 Å². The van der Waals surface area contributed by atoms with Crippen LogP contribution < -0.4 is 0 Å². The summed E-state index contributed by atoms with van der Waals surface area (Å²) in [6.45, 7) is 2.90. The van der Waals surface area contributed by atoms with E-state index in [-0.39, 0.29) is 6.10 Å². The number of aromatic nitrogens is 1. The fourth-order valence-electron chi connectivity index (χ4n) is 1.21. The van der Waals surface area contributed by atoms with E-state index in [1.54, 1.807) is 11.3 Å². The Labute approximate surface area is 89.4 Å². The Morgan fingerprint density at radius 1 is 1.57 bits per heavy atom. The van der Waals surface area contributed by atoms with E-state index in [9.17, 15) is 5.11 Å². The summed E-state index contributed by atoms with van der Waals surface area (Å²) in [4.78, 5) is 6.40. The molecular weight excluding hydrogens is 196 g/mol. The molecule has 0 aliphatic rings. The van der Waals surface area contributed by atoms with Crippen molar-refractivity contribution in [3.8, 4) is 0 Å². The highest BCUT2D eigenvalue weighted by molar-refractivity contribution is 7.09. The van der Waals surface area contributed by atoms with E-state index in [0.29, 0.717) is 6.42 Å². The first-order chi connectivity index (χ1) is 6.58. The van der Waals surface area contributed by atoms with E-state index in [1.165, 1.54) is 0 Å². The van der Waals surface area contributed by atoms with Crippen molar-refractivity contribution in [1.29, 1.82) is 0 Å². The first-order valence-corrected chi connectivity index (χ1v) is 5.69. The Kier molecular flexibility index (Phi) is 4.51. The second-order valence-corrected chi connectivity index (χ2v) is 4.78. The van der Waals surface area contributed by atoms with Gasteiger partial charge in [0.25, 0.3) is 0 Å². The largest absolute Gasteiger partial charge is 0.393 e. The molecule has 0 aliphatic carbocycles. The average molecular weight is 214 g/mol. The van der Waals surface area contributed by atoms with Gasteiger partial charge in [-0.05, 0) is 34.0 Å². The summed E-state index contributed by atoms with van der Waals surface area (Å²) in [5, 5.41) is 12.8. The zero-order chi connectivity index (χ0) is 10.6. The molecule has 0 bridgehead atoms. The van der Waals surface area contributed by atoms with Gasteiger partial charge in [-0.15, -0.1) is 11.3 Å². The lowest BCUT2D eigenvalue weighted by Gasteiger charge is -2.12. The number of thiazole rings is 1. The van der Waals surface area contributed by atoms with Crippen molar-refractivity contribution in [3.05, 3.63) is 16.1 Å². The van der Waals surface area contributed by atoms with E-state index in [0.717, 1.165) is 23.7 Å².